The van der Waals surface area contributed by atoms with Crippen molar-refractivity contribution in [2.75, 3.05) is 12.9 Å². The predicted molar refractivity (Wildman–Crippen MR) is 86.8 cm³/mol. The number of methoxy groups -OCH3 is 1. The molecular weight excluding hydrogens is 300 g/mol. The second kappa shape index (κ2) is 7.79. The Morgan fingerprint density at radius 2 is 2.05 bits per heavy atom. The second-order valence-corrected chi connectivity index (χ2v) is 5.77. The molecule has 0 N–H and O–H groups in total. The van der Waals surface area contributed by atoms with Crippen molar-refractivity contribution in [3.8, 4) is 5.69 Å². The Balaban J connectivity index is 2.46. The summed E-state index contributed by atoms with van der Waals surface area (Å²) < 4.78 is 6.00. The number of aromatic nitrogens is 2. The first-order valence-electron chi connectivity index (χ1n) is 7.08. The van der Waals surface area contributed by atoms with Crippen molar-refractivity contribution >= 4 is 17.7 Å². The largest absolute Gasteiger partial charge is 0.464 e. The van der Waals surface area contributed by atoms with Gasteiger partial charge in [0.1, 0.15) is 0 Å². The van der Waals surface area contributed by atoms with Crippen molar-refractivity contribution in [1.82, 2.24) is 9.78 Å². The Morgan fingerprint density at radius 3 is 2.68 bits per heavy atom. The van der Waals surface area contributed by atoms with Crippen LogP contribution in [0, 0.1) is 0 Å². The maximum atomic E-state index is 12.3. The van der Waals surface area contributed by atoms with Crippen LogP contribution in [0.3, 0.4) is 0 Å². The van der Waals surface area contributed by atoms with Gasteiger partial charge in [0.2, 0.25) is 0 Å². The molecule has 116 valence electrons. The fourth-order valence-electron chi connectivity index (χ4n) is 1.87. The summed E-state index contributed by atoms with van der Waals surface area (Å²) in [5, 5.41) is 4.20. The minimum absolute atomic E-state index is 0.173. The molecule has 2 aromatic rings. The summed E-state index contributed by atoms with van der Waals surface area (Å²) in [7, 11) is 1.31. The standard InChI is InChI=1S/C16H18N2O3S/c1-3-4-10-22-13-11-14(19)18(12-8-6-5-7-9-12)17-15(13)16(20)21-2/h5-9,11H,3-4,10H2,1-2H3. The van der Waals surface area contributed by atoms with Crippen LogP contribution in [0.2, 0.25) is 0 Å². The van der Waals surface area contributed by atoms with E-state index in [1.165, 1.54) is 29.6 Å². The number of carbonyl (C=O) groups is 1. The lowest BCUT2D eigenvalue weighted by Gasteiger charge is -2.10. The summed E-state index contributed by atoms with van der Waals surface area (Å²) in [6, 6.07) is 10.5. The van der Waals surface area contributed by atoms with E-state index in [0.717, 1.165) is 18.6 Å². The monoisotopic (exact) mass is 318 g/mol. The topological polar surface area (TPSA) is 61.2 Å². The highest BCUT2D eigenvalue weighted by Gasteiger charge is 2.17. The fraction of sp³-hybridized carbons (Fsp3) is 0.312. The average molecular weight is 318 g/mol. The molecule has 6 heteroatoms. The molecule has 0 unspecified atom stereocenters. The van der Waals surface area contributed by atoms with Crippen LogP contribution in [0.25, 0.3) is 5.69 Å². The molecule has 0 radical (unpaired) electrons. The SMILES string of the molecule is CCCCSc1cc(=O)n(-c2ccccc2)nc1C(=O)OC. The molecule has 0 spiro atoms. The third kappa shape index (κ3) is 3.76. The summed E-state index contributed by atoms with van der Waals surface area (Å²) in [5.74, 6) is 0.292. The molecule has 5 nitrogen and oxygen atoms in total. The third-order valence-corrected chi connectivity index (χ3v) is 4.15. The smallest absolute Gasteiger partial charge is 0.359 e. The molecule has 1 aromatic carbocycles. The van der Waals surface area contributed by atoms with Crippen molar-refractivity contribution < 1.29 is 9.53 Å². The number of carbonyl (C=O) groups excluding carboxylic acids is 1. The lowest BCUT2D eigenvalue weighted by atomic mass is 10.3. The molecule has 2 rings (SSSR count). The van der Waals surface area contributed by atoms with Gasteiger partial charge < -0.3 is 4.74 Å². The van der Waals surface area contributed by atoms with Gasteiger partial charge in [0.15, 0.2) is 5.69 Å². The number of hydrogen-bond acceptors (Lipinski definition) is 5. The minimum Gasteiger partial charge on any atom is -0.464 e. The van der Waals surface area contributed by atoms with E-state index in [0.29, 0.717) is 10.6 Å². The Morgan fingerprint density at radius 1 is 1.32 bits per heavy atom. The normalized spacial score (nSPS) is 10.5. The number of ether oxygens (including phenoxy) is 1. The highest BCUT2D eigenvalue weighted by molar-refractivity contribution is 7.99. The van der Waals surface area contributed by atoms with E-state index in [1.807, 2.05) is 18.2 Å². The van der Waals surface area contributed by atoms with Gasteiger partial charge in [0.05, 0.1) is 12.8 Å². The van der Waals surface area contributed by atoms with E-state index >= 15 is 0 Å². The summed E-state index contributed by atoms with van der Waals surface area (Å²) >= 11 is 1.46. The second-order valence-electron chi connectivity index (χ2n) is 4.64. The van der Waals surface area contributed by atoms with Crippen LogP contribution < -0.4 is 5.56 Å². The predicted octanol–water partition coefficient (Wildman–Crippen LogP) is 2.91. The van der Waals surface area contributed by atoms with Crippen molar-refractivity contribution in [3.05, 3.63) is 52.4 Å². The molecule has 1 aromatic heterocycles. The molecule has 0 bridgehead atoms. The number of esters is 1. The molecular formula is C16H18N2O3S. The molecule has 0 aliphatic rings. The van der Waals surface area contributed by atoms with E-state index in [2.05, 4.69) is 12.0 Å². The molecule has 0 saturated heterocycles. The molecule has 0 atom stereocenters. The zero-order valence-electron chi connectivity index (χ0n) is 12.6. The van der Waals surface area contributed by atoms with E-state index < -0.39 is 5.97 Å². The van der Waals surface area contributed by atoms with E-state index in [4.69, 9.17) is 4.74 Å². The molecule has 0 fully saturated rings. The molecule has 0 amide bonds. The zero-order valence-corrected chi connectivity index (χ0v) is 13.4. The lowest BCUT2D eigenvalue weighted by Crippen LogP contribution is -2.24. The molecule has 0 saturated carbocycles. The first-order valence-corrected chi connectivity index (χ1v) is 8.06. The lowest BCUT2D eigenvalue weighted by molar-refractivity contribution is 0.0587. The first kappa shape index (κ1) is 16.3. The number of hydrogen-bond donors (Lipinski definition) is 0. The summed E-state index contributed by atoms with van der Waals surface area (Å²) in [4.78, 5) is 24.8. The minimum atomic E-state index is -0.538. The molecule has 1 heterocycles. The first-order chi connectivity index (χ1) is 10.7. The van der Waals surface area contributed by atoms with Crippen LogP contribution in [-0.4, -0.2) is 28.6 Å². The molecule has 0 aliphatic carbocycles. The van der Waals surface area contributed by atoms with Crippen LogP contribution >= 0.6 is 11.8 Å². The number of unbranched alkanes of at least 4 members (excludes halogenated alkanes) is 1. The van der Waals surface area contributed by atoms with Crippen LogP contribution in [0.4, 0.5) is 0 Å². The van der Waals surface area contributed by atoms with Crippen molar-refractivity contribution in [2.45, 2.75) is 24.7 Å². The number of para-hydroxylation sites is 1. The van der Waals surface area contributed by atoms with Crippen LogP contribution in [0.1, 0.15) is 30.3 Å². The van der Waals surface area contributed by atoms with Gasteiger partial charge in [-0.3, -0.25) is 4.79 Å². The van der Waals surface area contributed by atoms with Gasteiger partial charge in [-0.2, -0.15) is 9.78 Å². The number of nitrogens with zero attached hydrogens (tertiary/aromatic N) is 2. The van der Waals surface area contributed by atoms with E-state index in [9.17, 15) is 9.59 Å². The highest BCUT2D eigenvalue weighted by atomic mass is 32.2. The number of benzene rings is 1. The van der Waals surface area contributed by atoms with Gasteiger partial charge in [-0.1, -0.05) is 31.5 Å². The molecule has 22 heavy (non-hydrogen) atoms. The Hall–Kier alpha value is -2.08. The van der Waals surface area contributed by atoms with E-state index in [-0.39, 0.29) is 11.3 Å². The highest BCUT2D eigenvalue weighted by Crippen LogP contribution is 2.22. The van der Waals surface area contributed by atoms with Crippen LogP contribution in [0.5, 0.6) is 0 Å². The number of thioether (sulfide) groups is 1. The van der Waals surface area contributed by atoms with Crippen molar-refractivity contribution in [2.24, 2.45) is 0 Å². The maximum Gasteiger partial charge on any atom is 0.359 e. The van der Waals surface area contributed by atoms with Crippen molar-refractivity contribution in [3.63, 3.8) is 0 Å². The molecule has 0 aliphatic heterocycles. The zero-order chi connectivity index (χ0) is 15.9. The van der Waals surface area contributed by atoms with Gasteiger partial charge in [-0.15, -0.1) is 11.8 Å². The van der Waals surface area contributed by atoms with Gasteiger partial charge >= 0.3 is 5.97 Å². The summed E-state index contributed by atoms with van der Waals surface area (Å²) in [6.07, 6.45) is 2.06. The fourth-order valence-corrected chi connectivity index (χ4v) is 2.97. The third-order valence-electron chi connectivity index (χ3n) is 3.03. The van der Waals surface area contributed by atoms with Crippen molar-refractivity contribution in [1.29, 1.82) is 0 Å². The summed E-state index contributed by atoms with van der Waals surface area (Å²) in [5.41, 5.74) is 0.521. The van der Waals surface area contributed by atoms with Crippen LogP contribution in [-0.2, 0) is 4.74 Å². The van der Waals surface area contributed by atoms with Gasteiger partial charge in [-0.25, -0.2) is 4.79 Å². The van der Waals surface area contributed by atoms with Gasteiger partial charge in [-0.05, 0) is 24.3 Å². The Kier molecular flexibility index (Phi) is 5.77. The maximum absolute atomic E-state index is 12.3. The summed E-state index contributed by atoms with van der Waals surface area (Å²) in [6.45, 7) is 2.09. The van der Waals surface area contributed by atoms with Crippen LogP contribution in [0.15, 0.2) is 46.1 Å². The van der Waals surface area contributed by atoms with Gasteiger partial charge in [0, 0.05) is 11.0 Å². The average Bonchev–Trinajstić information content (AvgIpc) is 2.55. The Labute approximate surface area is 133 Å². The Bertz CT molecular complexity index is 698. The number of rotatable bonds is 6. The van der Waals surface area contributed by atoms with E-state index in [1.54, 1.807) is 12.1 Å². The quantitative estimate of drug-likeness (QED) is 0.465. The van der Waals surface area contributed by atoms with Gasteiger partial charge in [0.25, 0.3) is 5.56 Å².